The number of nitrogens with zero attached hydrogens (tertiary/aromatic N) is 2. The van der Waals surface area contributed by atoms with Gasteiger partial charge in [0.1, 0.15) is 11.4 Å². The van der Waals surface area contributed by atoms with Gasteiger partial charge in [0, 0.05) is 13.1 Å². The molecule has 84 valence electrons. The first-order chi connectivity index (χ1) is 7.72. The molecule has 16 heavy (non-hydrogen) atoms. The Bertz CT molecular complexity index is 429. The lowest BCUT2D eigenvalue weighted by atomic mass is 10.2. The quantitative estimate of drug-likeness (QED) is 0.400. The van der Waals surface area contributed by atoms with E-state index in [1.54, 1.807) is 17.0 Å². The van der Waals surface area contributed by atoms with E-state index in [-0.39, 0.29) is 17.3 Å². The maximum absolute atomic E-state index is 11.8. The van der Waals surface area contributed by atoms with Crippen molar-refractivity contribution in [1.82, 2.24) is 15.3 Å². The number of pyridine rings is 1. The molecule has 1 aliphatic rings. The molecule has 1 fully saturated rings. The number of hydrazine groups is 1. The highest BCUT2D eigenvalue weighted by Gasteiger charge is 2.23. The predicted octanol–water partition coefficient (Wildman–Crippen LogP) is -0.469. The molecule has 6 nitrogen and oxygen atoms in total. The first-order valence-electron chi connectivity index (χ1n) is 4.99. The monoisotopic (exact) mass is 220 g/mol. The van der Waals surface area contributed by atoms with Crippen LogP contribution in [0, 0.1) is 0 Å². The fraction of sp³-hybridized carbons (Fsp3) is 0.300. The number of nitrogens with two attached hydrogens (primary N) is 1. The zero-order valence-electron chi connectivity index (χ0n) is 8.64. The average Bonchev–Trinajstić information content (AvgIpc) is 2.26. The highest BCUT2D eigenvalue weighted by atomic mass is 16.2. The van der Waals surface area contributed by atoms with Gasteiger partial charge in [-0.15, -0.1) is 0 Å². The summed E-state index contributed by atoms with van der Waals surface area (Å²) >= 11 is 0. The van der Waals surface area contributed by atoms with Gasteiger partial charge in [0.15, 0.2) is 0 Å². The van der Waals surface area contributed by atoms with Gasteiger partial charge in [0.05, 0.1) is 0 Å². The fourth-order valence-electron chi connectivity index (χ4n) is 1.44. The van der Waals surface area contributed by atoms with E-state index in [1.165, 1.54) is 6.07 Å². The number of hydrogen-bond donors (Lipinski definition) is 2. The molecule has 2 amide bonds. The molecule has 1 saturated heterocycles. The van der Waals surface area contributed by atoms with Crippen LogP contribution in [-0.2, 0) is 0 Å². The maximum Gasteiger partial charge on any atom is 0.283 e. The van der Waals surface area contributed by atoms with E-state index in [4.69, 9.17) is 5.84 Å². The summed E-state index contributed by atoms with van der Waals surface area (Å²) < 4.78 is 0. The standard InChI is InChI=1S/C10H12N4O2/c11-13-9(15)7-3-1-4-8(12-7)10(16)14-5-2-6-14/h1,3-4H,2,5-6,11H2,(H,13,15). The number of nitrogen functional groups attached to an aromatic ring is 1. The van der Waals surface area contributed by atoms with Crippen LogP contribution in [0.5, 0.6) is 0 Å². The topological polar surface area (TPSA) is 88.3 Å². The third-order valence-corrected chi connectivity index (χ3v) is 2.48. The van der Waals surface area contributed by atoms with Crippen LogP contribution in [0.1, 0.15) is 27.4 Å². The van der Waals surface area contributed by atoms with Crippen LogP contribution >= 0.6 is 0 Å². The van der Waals surface area contributed by atoms with Crippen molar-refractivity contribution in [3.05, 3.63) is 29.6 Å². The average molecular weight is 220 g/mol. The molecule has 0 spiro atoms. The van der Waals surface area contributed by atoms with Gasteiger partial charge in [0.25, 0.3) is 11.8 Å². The first-order valence-corrected chi connectivity index (χ1v) is 4.99. The zero-order valence-corrected chi connectivity index (χ0v) is 8.64. The van der Waals surface area contributed by atoms with E-state index >= 15 is 0 Å². The molecule has 0 saturated carbocycles. The summed E-state index contributed by atoms with van der Waals surface area (Å²) in [4.78, 5) is 28.7. The Morgan fingerprint density at radius 2 is 2.00 bits per heavy atom. The van der Waals surface area contributed by atoms with Gasteiger partial charge < -0.3 is 4.90 Å². The van der Waals surface area contributed by atoms with Crippen molar-refractivity contribution < 1.29 is 9.59 Å². The summed E-state index contributed by atoms with van der Waals surface area (Å²) in [6.45, 7) is 1.52. The largest absolute Gasteiger partial charge is 0.337 e. The lowest BCUT2D eigenvalue weighted by Crippen LogP contribution is -2.42. The molecule has 1 aliphatic heterocycles. The molecule has 0 unspecified atom stereocenters. The van der Waals surface area contributed by atoms with Gasteiger partial charge in [-0.3, -0.25) is 15.0 Å². The van der Waals surface area contributed by atoms with E-state index in [2.05, 4.69) is 4.98 Å². The minimum absolute atomic E-state index is 0.141. The Kier molecular flexibility index (Phi) is 2.82. The molecule has 0 aliphatic carbocycles. The molecule has 0 radical (unpaired) electrons. The molecule has 0 aromatic carbocycles. The molecule has 1 aromatic heterocycles. The molecular weight excluding hydrogens is 208 g/mol. The number of rotatable bonds is 2. The van der Waals surface area contributed by atoms with Crippen LogP contribution in [0.4, 0.5) is 0 Å². The number of hydrogen-bond acceptors (Lipinski definition) is 4. The van der Waals surface area contributed by atoms with E-state index in [9.17, 15) is 9.59 Å². The summed E-state index contributed by atoms with van der Waals surface area (Å²) in [5.41, 5.74) is 2.40. The Morgan fingerprint density at radius 3 is 2.56 bits per heavy atom. The number of nitrogens with one attached hydrogen (secondary N) is 1. The predicted molar refractivity (Wildman–Crippen MR) is 56.4 cm³/mol. The Labute approximate surface area is 92.4 Å². The molecule has 0 atom stereocenters. The van der Waals surface area contributed by atoms with Gasteiger partial charge >= 0.3 is 0 Å². The Hall–Kier alpha value is -1.95. The van der Waals surface area contributed by atoms with Gasteiger partial charge in [-0.1, -0.05) is 6.07 Å². The molecular formula is C10H12N4O2. The van der Waals surface area contributed by atoms with Crippen molar-refractivity contribution >= 4 is 11.8 Å². The van der Waals surface area contributed by atoms with Crippen LogP contribution in [0.15, 0.2) is 18.2 Å². The smallest absolute Gasteiger partial charge is 0.283 e. The number of amides is 2. The first kappa shape index (κ1) is 10.6. The molecule has 2 heterocycles. The number of carbonyl (C=O) groups is 2. The van der Waals surface area contributed by atoms with E-state index in [0.29, 0.717) is 0 Å². The summed E-state index contributed by atoms with van der Waals surface area (Å²) in [5, 5.41) is 0. The third-order valence-electron chi connectivity index (χ3n) is 2.48. The van der Waals surface area contributed by atoms with Crippen molar-refractivity contribution in [1.29, 1.82) is 0 Å². The van der Waals surface area contributed by atoms with Crippen molar-refractivity contribution in [2.24, 2.45) is 5.84 Å². The van der Waals surface area contributed by atoms with E-state index in [1.807, 2.05) is 5.43 Å². The van der Waals surface area contributed by atoms with Gasteiger partial charge in [-0.05, 0) is 18.6 Å². The van der Waals surface area contributed by atoms with E-state index in [0.717, 1.165) is 19.5 Å². The van der Waals surface area contributed by atoms with Crippen molar-refractivity contribution in [2.75, 3.05) is 13.1 Å². The SMILES string of the molecule is NNC(=O)c1cccc(C(=O)N2CCC2)n1. The highest BCUT2D eigenvalue weighted by molar-refractivity contribution is 5.96. The lowest BCUT2D eigenvalue weighted by Gasteiger charge is -2.30. The molecule has 6 heteroatoms. The summed E-state index contributed by atoms with van der Waals surface area (Å²) in [7, 11) is 0. The zero-order chi connectivity index (χ0) is 11.5. The summed E-state index contributed by atoms with van der Waals surface area (Å²) in [6.07, 6.45) is 1.02. The maximum atomic E-state index is 11.8. The van der Waals surface area contributed by atoms with Gasteiger partial charge in [0.2, 0.25) is 0 Å². The van der Waals surface area contributed by atoms with E-state index < -0.39 is 5.91 Å². The second-order valence-corrected chi connectivity index (χ2v) is 3.53. The van der Waals surface area contributed by atoms with Crippen LogP contribution in [0.25, 0.3) is 0 Å². The minimum Gasteiger partial charge on any atom is -0.337 e. The molecule has 3 N–H and O–H groups in total. The summed E-state index contributed by atoms with van der Waals surface area (Å²) in [6, 6.07) is 4.72. The van der Waals surface area contributed by atoms with Crippen LogP contribution in [-0.4, -0.2) is 34.8 Å². The highest BCUT2D eigenvalue weighted by Crippen LogP contribution is 2.11. The van der Waals surface area contributed by atoms with Crippen LogP contribution in [0.3, 0.4) is 0 Å². The van der Waals surface area contributed by atoms with Gasteiger partial charge in [-0.2, -0.15) is 0 Å². The lowest BCUT2D eigenvalue weighted by molar-refractivity contribution is 0.0645. The molecule has 0 bridgehead atoms. The molecule has 1 aromatic rings. The Morgan fingerprint density at radius 1 is 1.31 bits per heavy atom. The van der Waals surface area contributed by atoms with Gasteiger partial charge in [-0.25, -0.2) is 10.8 Å². The number of carbonyl (C=O) groups excluding carboxylic acids is 2. The number of aromatic nitrogens is 1. The summed E-state index contributed by atoms with van der Waals surface area (Å²) in [5.74, 6) is 4.35. The third kappa shape index (κ3) is 1.87. The minimum atomic E-state index is -0.502. The fourth-order valence-corrected chi connectivity index (χ4v) is 1.44. The van der Waals surface area contributed by atoms with Crippen molar-refractivity contribution in [2.45, 2.75) is 6.42 Å². The normalized spacial score (nSPS) is 14.2. The Balaban J connectivity index is 2.21. The molecule has 2 rings (SSSR count). The number of likely N-dealkylation sites (tertiary alicyclic amines) is 1. The second kappa shape index (κ2) is 4.28. The van der Waals surface area contributed by atoms with Crippen molar-refractivity contribution in [3.63, 3.8) is 0 Å². The van der Waals surface area contributed by atoms with Crippen molar-refractivity contribution in [3.8, 4) is 0 Å². The van der Waals surface area contributed by atoms with Crippen LogP contribution < -0.4 is 11.3 Å². The second-order valence-electron chi connectivity index (χ2n) is 3.53. The van der Waals surface area contributed by atoms with Crippen LogP contribution in [0.2, 0.25) is 0 Å².